The second-order valence-electron chi connectivity index (χ2n) is 6.63. The number of nitrogens with zero attached hydrogens (tertiary/aromatic N) is 3. The molecule has 5 nitrogen and oxygen atoms in total. The Morgan fingerprint density at radius 1 is 0.870 bits per heavy atom. The Bertz CT molecular complexity index is 495. The summed E-state index contributed by atoms with van der Waals surface area (Å²) in [4.78, 5) is 7.19. The van der Waals surface area contributed by atoms with E-state index in [9.17, 15) is 0 Å². The fraction of sp³-hybridized carbons (Fsp3) is 0.667. The first-order valence-electron chi connectivity index (χ1n) is 8.62. The molecule has 128 valence electrons. The van der Waals surface area contributed by atoms with Crippen LogP contribution in [0.25, 0.3) is 0 Å². The summed E-state index contributed by atoms with van der Waals surface area (Å²) >= 11 is 0. The molecule has 2 aliphatic rings. The van der Waals surface area contributed by atoms with Crippen molar-refractivity contribution >= 4 is 5.69 Å². The average molecular weight is 319 g/mol. The third kappa shape index (κ3) is 4.67. The highest BCUT2D eigenvalue weighted by Gasteiger charge is 2.16. The Hall–Kier alpha value is -1.14. The van der Waals surface area contributed by atoms with Crippen molar-refractivity contribution in [1.29, 1.82) is 0 Å². The normalized spacial score (nSPS) is 20.6. The first-order valence-corrected chi connectivity index (χ1v) is 8.62. The maximum atomic E-state index is 5.47. The quantitative estimate of drug-likeness (QED) is 0.818. The minimum absolute atomic E-state index is 0.852. The lowest BCUT2D eigenvalue weighted by Crippen LogP contribution is -2.36. The molecule has 0 amide bonds. The molecule has 0 saturated carbocycles. The zero-order valence-electron chi connectivity index (χ0n) is 14.5. The molecule has 2 aliphatic heterocycles. The molecule has 3 rings (SSSR count). The van der Waals surface area contributed by atoms with Gasteiger partial charge in [0.15, 0.2) is 0 Å². The van der Waals surface area contributed by atoms with Crippen LogP contribution in [0.5, 0.6) is 0 Å². The lowest BCUT2D eigenvalue weighted by atomic mass is 10.1. The van der Waals surface area contributed by atoms with Crippen molar-refractivity contribution in [3.05, 3.63) is 29.3 Å². The van der Waals surface area contributed by atoms with E-state index < -0.39 is 0 Å². The van der Waals surface area contributed by atoms with Gasteiger partial charge in [0.1, 0.15) is 0 Å². The van der Waals surface area contributed by atoms with Gasteiger partial charge in [-0.2, -0.15) is 0 Å². The van der Waals surface area contributed by atoms with Crippen molar-refractivity contribution in [3.63, 3.8) is 0 Å². The van der Waals surface area contributed by atoms with E-state index in [0.29, 0.717) is 0 Å². The van der Waals surface area contributed by atoms with Crippen molar-refractivity contribution < 1.29 is 9.47 Å². The van der Waals surface area contributed by atoms with Crippen molar-refractivity contribution in [1.82, 2.24) is 9.80 Å². The summed E-state index contributed by atoms with van der Waals surface area (Å²) in [6, 6.07) is 6.93. The summed E-state index contributed by atoms with van der Waals surface area (Å²) in [7, 11) is 4.25. The maximum absolute atomic E-state index is 5.47. The van der Waals surface area contributed by atoms with Crippen molar-refractivity contribution in [3.8, 4) is 0 Å². The van der Waals surface area contributed by atoms with Gasteiger partial charge >= 0.3 is 0 Å². The van der Waals surface area contributed by atoms with E-state index in [2.05, 4.69) is 47.0 Å². The number of benzene rings is 1. The first kappa shape index (κ1) is 16.7. The van der Waals surface area contributed by atoms with Gasteiger partial charge in [0.05, 0.1) is 26.4 Å². The highest BCUT2D eigenvalue weighted by atomic mass is 16.5. The molecule has 0 atom stereocenters. The van der Waals surface area contributed by atoms with Gasteiger partial charge in [0.2, 0.25) is 0 Å². The van der Waals surface area contributed by atoms with E-state index in [1.807, 2.05) is 0 Å². The van der Waals surface area contributed by atoms with E-state index in [1.165, 1.54) is 16.8 Å². The van der Waals surface area contributed by atoms with Gasteiger partial charge in [0, 0.05) is 59.1 Å². The molecular formula is C18H29N3O2. The Morgan fingerprint density at radius 2 is 1.43 bits per heavy atom. The Labute approximate surface area is 139 Å². The van der Waals surface area contributed by atoms with E-state index in [4.69, 9.17) is 9.47 Å². The van der Waals surface area contributed by atoms with Crippen LogP contribution in [0, 0.1) is 0 Å². The predicted molar refractivity (Wildman–Crippen MR) is 93.0 cm³/mol. The van der Waals surface area contributed by atoms with Crippen LogP contribution in [0.3, 0.4) is 0 Å². The molecule has 1 aromatic rings. The number of anilines is 1. The third-order valence-electron chi connectivity index (χ3n) is 4.63. The van der Waals surface area contributed by atoms with Crippen LogP contribution in [-0.2, 0) is 22.6 Å². The highest BCUT2D eigenvalue weighted by Crippen LogP contribution is 2.23. The fourth-order valence-corrected chi connectivity index (χ4v) is 3.32. The SMILES string of the molecule is CN(C)c1ccc(CN2CCOCC2)cc1CN1CCOCC1. The summed E-state index contributed by atoms with van der Waals surface area (Å²) in [6.45, 7) is 9.58. The standard InChI is InChI=1S/C18H29N3O2/c1-19(2)18-4-3-16(14-20-5-9-22-10-6-20)13-17(18)15-21-7-11-23-12-8-21/h3-4,13H,5-12,14-15H2,1-2H3. The van der Waals surface area contributed by atoms with Gasteiger partial charge in [-0.1, -0.05) is 12.1 Å². The average Bonchev–Trinajstić information content (AvgIpc) is 2.57. The van der Waals surface area contributed by atoms with Crippen LogP contribution in [0.4, 0.5) is 5.69 Å². The zero-order chi connectivity index (χ0) is 16.1. The van der Waals surface area contributed by atoms with Gasteiger partial charge in [-0.05, 0) is 17.2 Å². The summed E-state index contributed by atoms with van der Waals surface area (Å²) in [6.07, 6.45) is 0. The number of hydrogen-bond donors (Lipinski definition) is 0. The number of hydrogen-bond acceptors (Lipinski definition) is 5. The monoisotopic (exact) mass is 319 g/mol. The van der Waals surface area contributed by atoms with Crippen molar-refractivity contribution in [2.45, 2.75) is 13.1 Å². The molecule has 0 aromatic heterocycles. The lowest BCUT2D eigenvalue weighted by molar-refractivity contribution is 0.0334. The largest absolute Gasteiger partial charge is 0.379 e. The molecule has 5 heteroatoms. The second kappa shape index (κ2) is 8.11. The summed E-state index contributed by atoms with van der Waals surface area (Å²) < 4.78 is 10.9. The predicted octanol–water partition coefficient (Wildman–Crippen LogP) is 1.42. The second-order valence-corrected chi connectivity index (χ2v) is 6.63. The molecular weight excluding hydrogens is 290 g/mol. The summed E-state index contributed by atoms with van der Waals surface area (Å²) in [5.41, 5.74) is 4.14. The van der Waals surface area contributed by atoms with Gasteiger partial charge in [-0.3, -0.25) is 9.80 Å². The molecule has 2 heterocycles. The maximum Gasteiger partial charge on any atom is 0.0594 e. The van der Waals surface area contributed by atoms with E-state index >= 15 is 0 Å². The van der Waals surface area contributed by atoms with Crippen molar-refractivity contribution in [2.24, 2.45) is 0 Å². The number of rotatable bonds is 5. The van der Waals surface area contributed by atoms with Gasteiger partial charge < -0.3 is 14.4 Å². The molecule has 0 aliphatic carbocycles. The minimum atomic E-state index is 0.852. The Kier molecular flexibility index (Phi) is 5.89. The minimum Gasteiger partial charge on any atom is -0.379 e. The topological polar surface area (TPSA) is 28.2 Å². The van der Waals surface area contributed by atoms with E-state index in [0.717, 1.165) is 65.7 Å². The van der Waals surface area contributed by atoms with Crippen LogP contribution in [0.15, 0.2) is 18.2 Å². The van der Waals surface area contributed by atoms with Gasteiger partial charge in [-0.15, -0.1) is 0 Å². The van der Waals surface area contributed by atoms with Gasteiger partial charge in [0.25, 0.3) is 0 Å². The van der Waals surface area contributed by atoms with Crippen molar-refractivity contribution in [2.75, 3.05) is 71.6 Å². The van der Waals surface area contributed by atoms with Crippen LogP contribution >= 0.6 is 0 Å². The van der Waals surface area contributed by atoms with Crippen LogP contribution < -0.4 is 4.90 Å². The summed E-state index contributed by atoms with van der Waals surface area (Å²) in [5, 5.41) is 0. The fourth-order valence-electron chi connectivity index (χ4n) is 3.32. The van der Waals surface area contributed by atoms with Crippen LogP contribution in [0.2, 0.25) is 0 Å². The first-order chi connectivity index (χ1) is 11.2. The van der Waals surface area contributed by atoms with E-state index in [-0.39, 0.29) is 0 Å². The lowest BCUT2D eigenvalue weighted by Gasteiger charge is -2.30. The van der Waals surface area contributed by atoms with Gasteiger partial charge in [-0.25, -0.2) is 0 Å². The Morgan fingerprint density at radius 3 is 2.00 bits per heavy atom. The van der Waals surface area contributed by atoms with Crippen LogP contribution in [0.1, 0.15) is 11.1 Å². The summed E-state index contributed by atoms with van der Waals surface area (Å²) in [5.74, 6) is 0. The number of morpholine rings is 2. The molecule has 0 unspecified atom stereocenters. The smallest absolute Gasteiger partial charge is 0.0594 e. The molecule has 1 aromatic carbocycles. The zero-order valence-corrected chi connectivity index (χ0v) is 14.5. The molecule has 0 N–H and O–H groups in total. The Balaban J connectivity index is 1.72. The van der Waals surface area contributed by atoms with Crippen LogP contribution in [-0.4, -0.2) is 76.5 Å². The number of ether oxygens (including phenoxy) is 2. The van der Waals surface area contributed by atoms with E-state index in [1.54, 1.807) is 0 Å². The molecule has 0 spiro atoms. The third-order valence-corrected chi connectivity index (χ3v) is 4.63. The molecule has 2 fully saturated rings. The highest BCUT2D eigenvalue weighted by molar-refractivity contribution is 5.54. The molecule has 0 bridgehead atoms. The molecule has 2 saturated heterocycles. The molecule has 0 radical (unpaired) electrons. The molecule has 23 heavy (non-hydrogen) atoms.